The van der Waals surface area contributed by atoms with Crippen LogP contribution in [-0.2, 0) is 16.4 Å². The van der Waals surface area contributed by atoms with Gasteiger partial charge >= 0.3 is 0 Å². The van der Waals surface area contributed by atoms with Crippen LogP contribution >= 0.6 is 11.6 Å². The fourth-order valence-electron chi connectivity index (χ4n) is 2.45. The molecular weight excluding hydrogens is 334 g/mol. The summed E-state index contributed by atoms with van der Waals surface area (Å²) in [6.45, 7) is 9.25. The molecule has 0 aliphatic rings. The fourth-order valence-corrected chi connectivity index (χ4v) is 4.31. The topological polar surface area (TPSA) is 56.1 Å². The third-order valence-electron chi connectivity index (χ3n) is 3.45. The van der Waals surface area contributed by atoms with E-state index in [9.17, 15) is 13.2 Å². The van der Waals surface area contributed by atoms with Gasteiger partial charge in [0, 0.05) is 17.3 Å². The Balaban J connectivity index is 2.77. The average molecular weight is 352 g/mol. The van der Waals surface area contributed by atoms with E-state index in [0.717, 1.165) is 5.57 Å². The van der Waals surface area contributed by atoms with Gasteiger partial charge < -0.3 is 4.57 Å². The molecule has 0 radical (unpaired) electrons. The normalized spacial score (nSPS) is 11.5. The number of allylic oxidation sites excluding steroid dienone is 1. The standard InChI is InChI=1S/C17H18ClNO3S/c1-11(2)10-19-13(4)8-12(3)16(17(19)20)23(21,22)15-7-5-6-14(18)9-15/h5-9H,1,10H2,2-4H3. The number of rotatable bonds is 4. The molecule has 122 valence electrons. The third-order valence-corrected chi connectivity index (χ3v) is 5.60. The molecule has 0 fully saturated rings. The highest BCUT2D eigenvalue weighted by Gasteiger charge is 2.25. The molecule has 0 aliphatic carbocycles. The molecule has 0 saturated heterocycles. The molecule has 4 nitrogen and oxygen atoms in total. The lowest BCUT2D eigenvalue weighted by Crippen LogP contribution is -2.29. The smallest absolute Gasteiger partial charge is 0.270 e. The summed E-state index contributed by atoms with van der Waals surface area (Å²) in [6.07, 6.45) is 0. The Kier molecular flexibility index (Phi) is 4.82. The Labute approximate surface area is 141 Å². The van der Waals surface area contributed by atoms with Crippen molar-refractivity contribution < 1.29 is 8.42 Å². The second-order valence-electron chi connectivity index (χ2n) is 5.61. The number of nitrogens with zero attached hydrogens (tertiary/aromatic N) is 1. The highest BCUT2D eigenvalue weighted by Crippen LogP contribution is 2.24. The Morgan fingerprint density at radius 3 is 2.48 bits per heavy atom. The van der Waals surface area contributed by atoms with Gasteiger partial charge in [-0.1, -0.05) is 29.8 Å². The molecule has 0 amide bonds. The van der Waals surface area contributed by atoms with Crippen molar-refractivity contribution >= 4 is 21.4 Å². The molecule has 1 aromatic heterocycles. The lowest BCUT2D eigenvalue weighted by atomic mass is 10.2. The van der Waals surface area contributed by atoms with Crippen molar-refractivity contribution in [1.82, 2.24) is 4.57 Å². The van der Waals surface area contributed by atoms with Crippen LogP contribution in [0.4, 0.5) is 0 Å². The Hall–Kier alpha value is -1.85. The molecule has 2 rings (SSSR count). The summed E-state index contributed by atoms with van der Waals surface area (Å²) in [5, 5.41) is 0.304. The third kappa shape index (κ3) is 3.41. The van der Waals surface area contributed by atoms with Crippen molar-refractivity contribution in [1.29, 1.82) is 0 Å². The van der Waals surface area contributed by atoms with Crippen LogP contribution in [0.25, 0.3) is 0 Å². The lowest BCUT2D eigenvalue weighted by molar-refractivity contribution is 0.589. The van der Waals surface area contributed by atoms with E-state index in [1.165, 1.54) is 16.7 Å². The number of benzene rings is 1. The van der Waals surface area contributed by atoms with Crippen molar-refractivity contribution in [3.8, 4) is 0 Å². The second kappa shape index (κ2) is 6.34. The van der Waals surface area contributed by atoms with Gasteiger partial charge in [-0.05, 0) is 50.6 Å². The summed E-state index contributed by atoms with van der Waals surface area (Å²) in [4.78, 5) is 12.6. The number of aromatic nitrogens is 1. The van der Waals surface area contributed by atoms with Gasteiger partial charge in [0.1, 0.15) is 4.90 Å². The fraction of sp³-hybridized carbons (Fsp3) is 0.235. The number of pyridine rings is 1. The quantitative estimate of drug-likeness (QED) is 0.792. The molecule has 0 spiro atoms. The molecule has 0 N–H and O–H groups in total. The number of sulfone groups is 1. The summed E-state index contributed by atoms with van der Waals surface area (Å²) in [6, 6.07) is 7.61. The number of hydrogen-bond acceptors (Lipinski definition) is 3. The first-order chi connectivity index (χ1) is 10.6. The number of aryl methyl sites for hydroxylation is 2. The van der Waals surface area contributed by atoms with E-state index in [-0.39, 0.29) is 16.3 Å². The van der Waals surface area contributed by atoms with E-state index < -0.39 is 15.4 Å². The number of halogens is 1. The van der Waals surface area contributed by atoms with Gasteiger partial charge in [-0.25, -0.2) is 8.42 Å². The molecule has 0 bridgehead atoms. The maximum absolute atomic E-state index is 12.9. The molecule has 1 aromatic carbocycles. The minimum atomic E-state index is -3.95. The van der Waals surface area contributed by atoms with Crippen molar-refractivity contribution in [2.45, 2.75) is 37.1 Å². The first-order valence-electron chi connectivity index (χ1n) is 7.00. The largest absolute Gasteiger partial charge is 0.308 e. The highest BCUT2D eigenvalue weighted by molar-refractivity contribution is 7.91. The Bertz CT molecular complexity index is 943. The van der Waals surface area contributed by atoms with E-state index in [2.05, 4.69) is 6.58 Å². The van der Waals surface area contributed by atoms with Crippen LogP contribution in [0.5, 0.6) is 0 Å². The maximum atomic E-state index is 12.9. The molecule has 0 saturated carbocycles. The van der Waals surface area contributed by atoms with E-state index in [0.29, 0.717) is 16.3 Å². The van der Waals surface area contributed by atoms with Gasteiger partial charge in [0.25, 0.3) is 5.56 Å². The van der Waals surface area contributed by atoms with E-state index in [1.807, 2.05) is 0 Å². The monoisotopic (exact) mass is 351 g/mol. The van der Waals surface area contributed by atoms with Crippen LogP contribution in [0, 0.1) is 13.8 Å². The van der Waals surface area contributed by atoms with Crippen molar-refractivity contribution in [3.05, 3.63) is 69.1 Å². The minimum absolute atomic E-state index is 0.0101. The zero-order valence-corrected chi connectivity index (χ0v) is 14.8. The highest BCUT2D eigenvalue weighted by atomic mass is 35.5. The SMILES string of the molecule is C=C(C)Cn1c(C)cc(C)c(S(=O)(=O)c2cccc(Cl)c2)c1=O. The first kappa shape index (κ1) is 17.5. The summed E-state index contributed by atoms with van der Waals surface area (Å²) in [5.74, 6) is 0. The average Bonchev–Trinajstić information content (AvgIpc) is 2.42. The first-order valence-corrected chi connectivity index (χ1v) is 8.87. The van der Waals surface area contributed by atoms with Gasteiger partial charge in [-0.2, -0.15) is 0 Å². The van der Waals surface area contributed by atoms with Crippen LogP contribution in [0.1, 0.15) is 18.2 Å². The summed E-state index contributed by atoms with van der Waals surface area (Å²) >= 11 is 5.88. The zero-order chi connectivity index (χ0) is 17.4. The van der Waals surface area contributed by atoms with Gasteiger partial charge in [0.05, 0.1) is 4.90 Å². The molecule has 2 aromatic rings. The maximum Gasteiger partial charge on any atom is 0.270 e. The molecule has 0 aliphatic heterocycles. The van der Waals surface area contributed by atoms with Crippen LogP contribution in [-0.4, -0.2) is 13.0 Å². The second-order valence-corrected chi connectivity index (χ2v) is 7.93. The van der Waals surface area contributed by atoms with Gasteiger partial charge in [-0.15, -0.1) is 0 Å². The molecule has 6 heteroatoms. The molecule has 1 heterocycles. The van der Waals surface area contributed by atoms with Crippen molar-refractivity contribution in [2.75, 3.05) is 0 Å². The Morgan fingerprint density at radius 2 is 1.91 bits per heavy atom. The van der Waals surface area contributed by atoms with E-state index in [4.69, 9.17) is 11.6 Å². The predicted octanol–water partition coefficient (Wildman–Crippen LogP) is 3.53. The van der Waals surface area contributed by atoms with Gasteiger partial charge in [-0.3, -0.25) is 4.79 Å². The minimum Gasteiger partial charge on any atom is -0.308 e. The van der Waals surface area contributed by atoms with E-state index >= 15 is 0 Å². The molecule has 0 atom stereocenters. The predicted molar refractivity (Wildman–Crippen MR) is 91.9 cm³/mol. The zero-order valence-electron chi connectivity index (χ0n) is 13.3. The van der Waals surface area contributed by atoms with Crippen LogP contribution < -0.4 is 5.56 Å². The molecule has 0 unspecified atom stereocenters. The van der Waals surface area contributed by atoms with Gasteiger partial charge in [0.15, 0.2) is 0 Å². The van der Waals surface area contributed by atoms with E-state index in [1.54, 1.807) is 39.0 Å². The summed E-state index contributed by atoms with van der Waals surface area (Å²) in [7, 11) is -3.95. The van der Waals surface area contributed by atoms with Crippen LogP contribution in [0.15, 0.2) is 57.1 Å². The van der Waals surface area contributed by atoms with Gasteiger partial charge in [0.2, 0.25) is 9.84 Å². The van der Waals surface area contributed by atoms with Crippen LogP contribution in [0.2, 0.25) is 5.02 Å². The van der Waals surface area contributed by atoms with Crippen LogP contribution in [0.3, 0.4) is 0 Å². The molecule has 23 heavy (non-hydrogen) atoms. The molecular formula is C17H18ClNO3S. The Morgan fingerprint density at radius 1 is 1.26 bits per heavy atom. The van der Waals surface area contributed by atoms with Crippen molar-refractivity contribution in [2.24, 2.45) is 0 Å². The van der Waals surface area contributed by atoms with Crippen molar-refractivity contribution in [3.63, 3.8) is 0 Å². The summed E-state index contributed by atoms with van der Waals surface area (Å²) in [5.41, 5.74) is 1.35. The summed E-state index contributed by atoms with van der Waals surface area (Å²) < 4.78 is 27.2. The number of hydrogen-bond donors (Lipinski definition) is 0. The lowest BCUT2D eigenvalue weighted by Gasteiger charge is -2.15.